The number of nitrogens with zero attached hydrogens (tertiary/aromatic N) is 3. The highest BCUT2D eigenvalue weighted by atomic mass is 32.2. The van der Waals surface area contributed by atoms with Gasteiger partial charge in [0.25, 0.3) is 5.91 Å². The number of aromatic nitrogens is 1. The van der Waals surface area contributed by atoms with Crippen molar-refractivity contribution in [2.45, 2.75) is 32.7 Å². The third kappa shape index (κ3) is 3.27. The van der Waals surface area contributed by atoms with Gasteiger partial charge >= 0.3 is 0 Å². The molecular weight excluding hydrogens is 362 g/mol. The first kappa shape index (κ1) is 18.5. The lowest BCUT2D eigenvalue weighted by Gasteiger charge is -2.30. The fourth-order valence-electron chi connectivity index (χ4n) is 4.36. The number of likely N-dealkylation sites (N-methyl/N-ethyl adjacent to an activating group) is 1. The Morgan fingerprint density at radius 3 is 2.52 bits per heavy atom. The average molecular weight is 390 g/mol. The maximum Gasteiger partial charge on any atom is 0.253 e. The van der Waals surface area contributed by atoms with Crippen molar-refractivity contribution < 1.29 is 13.2 Å². The molecule has 1 aromatic carbocycles. The second-order valence-electron chi connectivity index (χ2n) is 8.15. The molecule has 2 aliphatic rings. The highest BCUT2D eigenvalue weighted by molar-refractivity contribution is 7.89. The van der Waals surface area contributed by atoms with Crippen molar-refractivity contribution in [1.29, 1.82) is 0 Å². The van der Waals surface area contributed by atoms with Gasteiger partial charge in [0.05, 0.1) is 11.8 Å². The van der Waals surface area contributed by atoms with Crippen LogP contribution < -0.4 is 0 Å². The Kier molecular flexibility index (Phi) is 4.55. The molecule has 1 aromatic heterocycles. The first-order valence-corrected chi connectivity index (χ1v) is 11.4. The van der Waals surface area contributed by atoms with E-state index in [0.717, 1.165) is 49.1 Å². The number of carbonyl (C=O) groups is 1. The van der Waals surface area contributed by atoms with Crippen molar-refractivity contribution in [1.82, 2.24) is 13.8 Å². The molecule has 0 bridgehead atoms. The van der Waals surface area contributed by atoms with E-state index in [-0.39, 0.29) is 5.91 Å². The second kappa shape index (κ2) is 6.63. The van der Waals surface area contributed by atoms with Gasteiger partial charge in [0.15, 0.2) is 0 Å². The molecule has 0 spiro atoms. The summed E-state index contributed by atoms with van der Waals surface area (Å²) in [5.41, 5.74) is 3.23. The monoisotopic (exact) mass is 389 g/mol. The van der Waals surface area contributed by atoms with E-state index in [9.17, 15) is 13.2 Å². The lowest BCUT2D eigenvalue weighted by Crippen LogP contribution is -2.37. The number of amides is 1. The summed E-state index contributed by atoms with van der Waals surface area (Å²) in [5, 5.41) is 0.887. The highest BCUT2D eigenvalue weighted by Gasteiger charge is 2.28. The first-order valence-electron chi connectivity index (χ1n) is 9.60. The Morgan fingerprint density at radius 2 is 1.85 bits per heavy atom. The zero-order valence-electron chi connectivity index (χ0n) is 16.2. The summed E-state index contributed by atoms with van der Waals surface area (Å²) in [5.74, 6) is 0.719. The Morgan fingerprint density at radius 1 is 1.15 bits per heavy atom. The summed E-state index contributed by atoms with van der Waals surface area (Å²) in [6, 6.07) is 5.48. The molecule has 4 rings (SSSR count). The minimum absolute atomic E-state index is 0.0498. The van der Waals surface area contributed by atoms with Crippen LogP contribution in [0.25, 0.3) is 10.9 Å². The third-order valence-electron chi connectivity index (χ3n) is 5.94. The highest BCUT2D eigenvalue weighted by Crippen LogP contribution is 2.33. The van der Waals surface area contributed by atoms with Crippen molar-refractivity contribution in [2.75, 3.05) is 32.9 Å². The standard InChI is InChI=1S/C20H27N3O3S/c1-14-6-10-22(11-7-14)20(24)15-4-5-18-16(12-15)17-13-21(2)9-8-19(17)23(18)27(3,25)26/h4-5,12,14H,6-11,13H2,1-3H3. The lowest BCUT2D eigenvalue weighted by molar-refractivity contribution is 0.0697. The topological polar surface area (TPSA) is 62.6 Å². The third-order valence-corrected chi connectivity index (χ3v) is 7.02. The van der Waals surface area contributed by atoms with Crippen LogP contribution in [0.15, 0.2) is 18.2 Å². The van der Waals surface area contributed by atoms with Crippen molar-refractivity contribution >= 4 is 26.8 Å². The summed E-state index contributed by atoms with van der Waals surface area (Å²) in [7, 11) is -1.36. The van der Waals surface area contributed by atoms with E-state index < -0.39 is 10.0 Å². The minimum atomic E-state index is -3.40. The number of benzene rings is 1. The molecular formula is C20H27N3O3S. The van der Waals surface area contributed by atoms with Crippen LogP contribution in [0.4, 0.5) is 0 Å². The summed E-state index contributed by atoms with van der Waals surface area (Å²) in [6.07, 6.45) is 4.02. The Balaban J connectivity index is 1.80. The van der Waals surface area contributed by atoms with Gasteiger partial charge in [-0.2, -0.15) is 0 Å². The predicted octanol–water partition coefficient (Wildman–Crippen LogP) is 2.31. The van der Waals surface area contributed by atoms with Gasteiger partial charge in [-0.3, -0.25) is 4.79 Å². The maximum absolute atomic E-state index is 13.0. The Labute approximate surface area is 160 Å². The van der Waals surface area contributed by atoms with Gasteiger partial charge in [-0.05, 0) is 49.6 Å². The maximum atomic E-state index is 13.0. The van der Waals surface area contributed by atoms with E-state index in [2.05, 4.69) is 11.8 Å². The molecule has 2 aromatic rings. The predicted molar refractivity (Wildman–Crippen MR) is 107 cm³/mol. The van der Waals surface area contributed by atoms with Crippen molar-refractivity contribution in [2.24, 2.45) is 5.92 Å². The summed E-state index contributed by atoms with van der Waals surface area (Å²) in [4.78, 5) is 17.1. The lowest BCUT2D eigenvalue weighted by atomic mass is 9.98. The van der Waals surface area contributed by atoms with Crippen LogP contribution in [0.2, 0.25) is 0 Å². The molecule has 0 atom stereocenters. The van der Waals surface area contributed by atoms with Gasteiger partial charge in [-0.1, -0.05) is 6.92 Å². The smallest absolute Gasteiger partial charge is 0.253 e. The van der Waals surface area contributed by atoms with Gasteiger partial charge < -0.3 is 9.80 Å². The van der Waals surface area contributed by atoms with Gasteiger partial charge in [0.1, 0.15) is 0 Å². The van der Waals surface area contributed by atoms with Crippen LogP contribution in [0.3, 0.4) is 0 Å². The summed E-state index contributed by atoms with van der Waals surface area (Å²) in [6.45, 7) is 5.35. The summed E-state index contributed by atoms with van der Waals surface area (Å²) >= 11 is 0. The fraction of sp³-hybridized carbons (Fsp3) is 0.550. The number of rotatable bonds is 2. The molecule has 146 valence electrons. The molecule has 1 amide bonds. The number of hydrogen-bond donors (Lipinski definition) is 0. The Hall–Kier alpha value is -1.86. The molecule has 27 heavy (non-hydrogen) atoms. The van der Waals surface area contributed by atoms with E-state index in [1.807, 2.05) is 18.0 Å². The molecule has 7 heteroatoms. The van der Waals surface area contributed by atoms with Crippen LogP contribution in [-0.2, 0) is 23.0 Å². The molecule has 0 aliphatic carbocycles. The van der Waals surface area contributed by atoms with Crippen molar-refractivity contribution in [3.8, 4) is 0 Å². The first-order chi connectivity index (χ1) is 12.8. The molecule has 0 unspecified atom stereocenters. The molecule has 6 nitrogen and oxygen atoms in total. The number of fused-ring (bicyclic) bond motifs is 3. The molecule has 2 aliphatic heterocycles. The van der Waals surface area contributed by atoms with Crippen LogP contribution in [0.1, 0.15) is 41.4 Å². The van der Waals surface area contributed by atoms with E-state index in [4.69, 9.17) is 0 Å². The number of piperidine rings is 1. The van der Waals surface area contributed by atoms with E-state index >= 15 is 0 Å². The number of likely N-dealkylation sites (tertiary alicyclic amines) is 1. The van der Waals surface area contributed by atoms with Gasteiger partial charge in [-0.15, -0.1) is 0 Å². The van der Waals surface area contributed by atoms with Crippen LogP contribution in [0.5, 0.6) is 0 Å². The van der Waals surface area contributed by atoms with E-state index in [1.54, 1.807) is 12.1 Å². The zero-order chi connectivity index (χ0) is 19.3. The SMILES string of the molecule is CC1CCN(C(=O)c2ccc3c(c2)c2c(n3S(C)(=O)=O)CCN(C)C2)CC1. The van der Waals surface area contributed by atoms with E-state index in [0.29, 0.717) is 30.0 Å². The molecule has 3 heterocycles. The van der Waals surface area contributed by atoms with Gasteiger partial charge in [0, 0.05) is 49.2 Å². The molecule has 0 N–H and O–H groups in total. The number of carbonyl (C=O) groups excluding carboxylic acids is 1. The Bertz CT molecular complexity index is 1000. The molecule has 0 saturated carbocycles. The molecule has 1 fully saturated rings. The largest absolute Gasteiger partial charge is 0.339 e. The average Bonchev–Trinajstić information content (AvgIpc) is 2.95. The van der Waals surface area contributed by atoms with Crippen molar-refractivity contribution in [3.63, 3.8) is 0 Å². The second-order valence-corrected chi connectivity index (χ2v) is 9.98. The van der Waals surface area contributed by atoms with Crippen LogP contribution in [-0.4, -0.2) is 61.0 Å². The van der Waals surface area contributed by atoms with Gasteiger partial charge in [0.2, 0.25) is 10.0 Å². The number of hydrogen-bond acceptors (Lipinski definition) is 4. The minimum Gasteiger partial charge on any atom is -0.339 e. The van der Waals surface area contributed by atoms with Crippen molar-refractivity contribution in [3.05, 3.63) is 35.0 Å². The van der Waals surface area contributed by atoms with Crippen LogP contribution in [0, 0.1) is 5.92 Å². The summed E-state index contributed by atoms with van der Waals surface area (Å²) < 4.78 is 26.3. The quantitative estimate of drug-likeness (QED) is 0.791. The van der Waals surface area contributed by atoms with Gasteiger partial charge in [-0.25, -0.2) is 12.4 Å². The zero-order valence-corrected chi connectivity index (χ0v) is 17.1. The normalized spacial score (nSPS) is 19.4. The molecule has 0 radical (unpaired) electrons. The fourth-order valence-corrected chi connectivity index (χ4v) is 5.48. The van der Waals surface area contributed by atoms with Crippen LogP contribution >= 0.6 is 0 Å². The van der Waals surface area contributed by atoms with E-state index in [1.165, 1.54) is 10.2 Å². The molecule has 1 saturated heterocycles.